The number of hydrogen-bond acceptors (Lipinski definition) is 6. The van der Waals surface area contributed by atoms with Crippen molar-refractivity contribution in [3.8, 4) is 0 Å². The van der Waals surface area contributed by atoms with E-state index in [1.165, 1.54) is 20.1 Å². The Morgan fingerprint density at radius 3 is 2.61 bits per heavy atom. The molecule has 0 aliphatic heterocycles. The summed E-state index contributed by atoms with van der Waals surface area (Å²) in [7, 11) is 1.53. The van der Waals surface area contributed by atoms with Crippen molar-refractivity contribution in [2.45, 2.75) is 17.9 Å². The highest BCUT2D eigenvalue weighted by Crippen LogP contribution is 2.24. The number of esters is 1. The molecule has 2 N–H and O–H groups in total. The van der Waals surface area contributed by atoms with Crippen LogP contribution in [0.25, 0.3) is 0 Å². The van der Waals surface area contributed by atoms with Crippen molar-refractivity contribution >= 4 is 35.2 Å². The van der Waals surface area contributed by atoms with Crippen LogP contribution in [0.3, 0.4) is 0 Å². The number of benzene rings is 2. The van der Waals surface area contributed by atoms with Gasteiger partial charge in [-0.1, -0.05) is 12.1 Å². The minimum Gasteiger partial charge on any atom is -0.449 e. The number of carbonyl (C=O) groups excluding carboxylic acids is 3. The Morgan fingerprint density at radius 2 is 1.87 bits per heavy atom. The maximum absolute atomic E-state index is 13.7. The Kier molecular flexibility index (Phi) is 9.41. The van der Waals surface area contributed by atoms with Gasteiger partial charge in [-0.25, -0.2) is 13.6 Å². The summed E-state index contributed by atoms with van der Waals surface area (Å²) in [6.07, 6.45) is -1.27. The molecule has 0 heterocycles. The molecule has 0 saturated heterocycles. The predicted molar refractivity (Wildman–Crippen MR) is 112 cm³/mol. The maximum Gasteiger partial charge on any atom is 0.340 e. The fraction of sp³-hybridized carbons (Fsp3) is 0.286. The molecular formula is C21H22F2N2O5S. The molecule has 1 atom stereocenters. The van der Waals surface area contributed by atoms with Gasteiger partial charge in [-0.2, -0.15) is 0 Å². The standard InChI is InChI=1S/C21H22F2N2O5S/c1-13(20(27)25-17-11-14(22)7-8-16(17)23)30-21(28)15-5-3-4-6-18(15)31-12-19(26)24-9-10-29-2/h3-8,11,13H,9-10,12H2,1-2H3,(H,24,26)(H,25,27). The van der Waals surface area contributed by atoms with Gasteiger partial charge in [-0.15, -0.1) is 11.8 Å². The number of hydrogen-bond donors (Lipinski definition) is 2. The van der Waals surface area contributed by atoms with E-state index in [2.05, 4.69) is 10.6 Å². The lowest BCUT2D eigenvalue weighted by Crippen LogP contribution is -2.30. The van der Waals surface area contributed by atoms with Crippen LogP contribution in [0.4, 0.5) is 14.5 Å². The monoisotopic (exact) mass is 452 g/mol. The van der Waals surface area contributed by atoms with Gasteiger partial charge in [0.1, 0.15) is 11.6 Å². The van der Waals surface area contributed by atoms with Crippen molar-refractivity contribution in [3.63, 3.8) is 0 Å². The Hall–Kier alpha value is -2.98. The van der Waals surface area contributed by atoms with Crippen molar-refractivity contribution in [2.75, 3.05) is 31.3 Å². The molecule has 0 spiro atoms. The van der Waals surface area contributed by atoms with Gasteiger partial charge >= 0.3 is 5.97 Å². The van der Waals surface area contributed by atoms with Gasteiger partial charge in [0, 0.05) is 24.6 Å². The van der Waals surface area contributed by atoms with Gasteiger partial charge in [-0.05, 0) is 31.2 Å². The Morgan fingerprint density at radius 1 is 1.13 bits per heavy atom. The number of anilines is 1. The number of methoxy groups -OCH3 is 1. The van der Waals surface area contributed by atoms with Gasteiger partial charge in [0.25, 0.3) is 5.91 Å². The van der Waals surface area contributed by atoms with E-state index in [4.69, 9.17) is 9.47 Å². The molecule has 2 aromatic rings. The zero-order chi connectivity index (χ0) is 22.8. The lowest BCUT2D eigenvalue weighted by molar-refractivity contribution is -0.123. The molecular weight excluding hydrogens is 430 g/mol. The topological polar surface area (TPSA) is 93.7 Å². The molecule has 0 fully saturated rings. The number of halogens is 2. The van der Waals surface area contributed by atoms with Crippen molar-refractivity contribution in [1.82, 2.24) is 5.32 Å². The smallest absolute Gasteiger partial charge is 0.340 e. The molecule has 0 bridgehead atoms. The van der Waals surface area contributed by atoms with E-state index in [-0.39, 0.29) is 22.9 Å². The van der Waals surface area contributed by atoms with E-state index in [1.807, 2.05) is 0 Å². The van der Waals surface area contributed by atoms with Crippen LogP contribution in [0, 0.1) is 11.6 Å². The van der Waals surface area contributed by atoms with E-state index in [9.17, 15) is 23.2 Å². The molecule has 2 aromatic carbocycles. The molecule has 0 aromatic heterocycles. The summed E-state index contributed by atoms with van der Waals surface area (Å²) in [6, 6.07) is 9.09. The van der Waals surface area contributed by atoms with Gasteiger partial charge in [-0.3, -0.25) is 9.59 Å². The highest BCUT2D eigenvalue weighted by molar-refractivity contribution is 8.00. The number of thioether (sulfide) groups is 1. The summed E-state index contributed by atoms with van der Waals surface area (Å²) in [5.74, 6) is -3.30. The molecule has 0 aliphatic carbocycles. The van der Waals surface area contributed by atoms with Gasteiger partial charge < -0.3 is 20.1 Å². The van der Waals surface area contributed by atoms with Crippen molar-refractivity contribution in [1.29, 1.82) is 0 Å². The summed E-state index contributed by atoms with van der Waals surface area (Å²) in [5.41, 5.74) is -0.183. The summed E-state index contributed by atoms with van der Waals surface area (Å²) < 4.78 is 37.0. The van der Waals surface area contributed by atoms with Gasteiger partial charge in [0.05, 0.1) is 23.6 Å². The molecule has 31 heavy (non-hydrogen) atoms. The van der Waals surface area contributed by atoms with Gasteiger partial charge in [0.2, 0.25) is 5.91 Å². The zero-order valence-corrected chi connectivity index (χ0v) is 17.8. The molecule has 2 rings (SSSR count). The number of ether oxygens (including phenoxy) is 2. The predicted octanol–water partition coefficient (Wildman–Crippen LogP) is 3.00. The molecule has 10 heteroatoms. The van der Waals surface area contributed by atoms with E-state index in [1.54, 1.807) is 18.2 Å². The molecule has 166 valence electrons. The van der Waals surface area contributed by atoms with Crippen LogP contribution in [0.2, 0.25) is 0 Å². The molecule has 0 saturated carbocycles. The summed E-state index contributed by atoms with van der Waals surface area (Å²) >= 11 is 1.14. The maximum atomic E-state index is 13.7. The molecule has 0 radical (unpaired) electrons. The fourth-order valence-electron chi connectivity index (χ4n) is 2.35. The van der Waals surface area contributed by atoms with Crippen molar-refractivity contribution in [3.05, 3.63) is 59.7 Å². The number of nitrogens with one attached hydrogen (secondary N) is 2. The first-order chi connectivity index (χ1) is 14.8. The second-order valence-corrected chi connectivity index (χ2v) is 7.31. The second kappa shape index (κ2) is 12.0. The SMILES string of the molecule is COCCNC(=O)CSc1ccccc1C(=O)OC(C)C(=O)Nc1cc(F)ccc1F. The Bertz CT molecular complexity index is 942. The van der Waals surface area contributed by atoms with Crippen LogP contribution in [-0.4, -0.2) is 49.9 Å². The first-order valence-corrected chi connectivity index (χ1v) is 10.2. The third kappa shape index (κ3) is 7.65. The largest absolute Gasteiger partial charge is 0.449 e. The highest BCUT2D eigenvalue weighted by Gasteiger charge is 2.22. The van der Waals surface area contributed by atoms with Crippen LogP contribution in [0.1, 0.15) is 17.3 Å². The second-order valence-electron chi connectivity index (χ2n) is 6.29. The zero-order valence-electron chi connectivity index (χ0n) is 16.9. The van der Waals surface area contributed by atoms with Crippen molar-refractivity contribution < 1.29 is 32.6 Å². The van der Waals surface area contributed by atoms with E-state index in [0.29, 0.717) is 18.0 Å². The Labute approximate surface area is 182 Å². The van der Waals surface area contributed by atoms with Crippen molar-refractivity contribution in [2.24, 2.45) is 0 Å². The lowest BCUT2D eigenvalue weighted by Gasteiger charge is -2.15. The molecule has 7 nitrogen and oxygen atoms in total. The lowest BCUT2D eigenvalue weighted by atomic mass is 10.2. The third-order valence-electron chi connectivity index (χ3n) is 3.93. The number of amides is 2. The third-order valence-corrected chi connectivity index (χ3v) is 5.01. The van der Waals surface area contributed by atoms with E-state index < -0.39 is 29.6 Å². The van der Waals surface area contributed by atoms with E-state index >= 15 is 0 Å². The minimum atomic E-state index is -1.27. The molecule has 2 amide bonds. The summed E-state index contributed by atoms with van der Waals surface area (Å²) in [5, 5.41) is 4.86. The van der Waals surface area contributed by atoms with Crippen LogP contribution in [0.15, 0.2) is 47.4 Å². The van der Waals surface area contributed by atoms with Crippen LogP contribution in [-0.2, 0) is 19.1 Å². The molecule has 0 aliphatic rings. The van der Waals surface area contributed by atoms with Gasteiger partial charge in [0.15, 0.2) is 6.10 Å². The quantitative estimate of drug-likeness (QED) is 0.327. The first kappa shape index (κ1) is 24.3. The number of rotatable bonds is 10. The summed E-state index contributed by atoms with van der Waals surface area (Å²) in [4.78, 5) is 37.1. The fourth-order valence-corrected chi connectivity index (χ4v) is 3.22. The van der Waals surface area contributed by atoms with Crippen LogP contribution >= 0.6 is 11.8 Å². The normalized spacial score (nSPS) is 11.5. The highest BCUT2D eigenvalue weighted by atomic mass is 32.2. The average Bonchev–Trinajstić information content (AvgIpc) is 2.75. The Balaban J connectivity index is 1.97. The molecule has 1 unspecified atom stereocenters. The van der Waals surface area contributed by atoms with E-state index in [0.717, 1.165) is 30.0 Å². The minimum absolute atomic E-state index is 0.0723. The van der Waals surface area contributed by atoms with Crippen LogP contribution in [0.5, 0.6) is 0 Å². The first-order valence-electron chi connectivity index (χ1n) is 9.26. The number of carbonyl (C=O) groups is 3. The summed E-state index contributed by atoms with van der Waals surface area (Å²) in [6.45, 7) is 2.07. The average molecular weight is 452 g/mol. The van der Waals surface area contributed by atoms with Crippen LogP contribution < -0.4 is 10.6 Å².